The Balaban J connectivity index is 5.98. The monoisotopic (exact) mass is 546 g/mol. The zero-order valence-corrected chi connectivity index (χ0v) is 17.1. The van der Waals surface area contributed by atoms with Crippen molar-refractivity contribution in [2.24, 2.45) is 0 Å². The maximum absolute atomic E-state index is 13.6. The topological polar surface area (TPSA) is 0 Å². The first-order valence-corrected chi connectivity index (χ1v) is 9.52. The van der Waals surface area contributed by atoms with Gasteiger partial charge < -0.3 is 0 Å². The molecule has 0 saturated carbocycles. The first kappa shape index (κ1) is 32.8. The molecule has 206 valence electrons. The van der Waals surface area contributed by atoms with E-state index in [9.17, 15) is 74.6 Å². The Labute approximate surface area is 181 Å². The maximum Gasteiger partial charge on any atom is 0.460 e. The van der Waals surface area contributed by atoms with Crippen LogP contribution in [-0.2, 0) is 0 Å². The van der Waals surface area contributed by atoms with E-state index >= 15 is 0 Å². The van der Waals surface area contributed by atoms with Crippen molar-refractivity contribution >= 4 is 0 Å². The predicted octanol–water partition coefficient (Wildman–Crippen LogP) is 9.14. The Hall–Kier alpha value is -1.19. The van der Waals surface area contributed by atoms with E-state index in [1.165, 1.54) is 0 Å². The molecule has 0 atom stereocenters. The smallest absolute Gasteiger partial charge is 0.200 e. The zero-order chi connectivity index (χ0) is 27.7. The van der Waals surface area contributed by atoms with Gasteiger partial charge in [0, 0.05) is 6.42 Å². The van der Waals surface area contributed by atoms with Gasteiger partial charge in [0.05, 0.1) is 0 Å². The average Bonchev–Trinajstić information content (AvgIpc) is 2.65. The number of hydrogen-bond acceptors (Lipinski definition) is 0. The molecule has 0 amide bonds. The van der Waals surface area contributed by atoms with Crippen LogP contribution >= 0.6 is 0 Å². The predicted molar refractivity (Wildman–Crippen MR) is 83.3 cm³/mol. The lowest BCUT2D eigenvalue weighted by Gasteiger charge is -2.42. The van der Waals surface area contributed by atoms with Gasteiger partial charge in [-0.2, -0.15) is 74.6 Å². The molecule has 0 aliphatic carbocycles. The minimum Gasteiger partial charge on any atom is -0.200 e. The molecule has 0 aliphatic heterocycles. The van der Waals surface area contributed by atoms with Crippen molar-refractivity contribution in [2.75, 3.05) is 0 Å². The lowest BCUT2D eigenvalue weighted by atomic mass is 9.87. The molecule has 0 N–H and O–H groups in total. The fourth-order valence-corrected chi connectivity index (χ4v) is 2.66. The molecular weight excluding hydrogens is 527 g/mol. The summed E-state index contributed by atoms with van der Waals surface area (Å²) in [7, 11) is 0. The van der Waals surface area contributed by atoms with Gasteiger partial charge in [0.15, 0.2) is 0 Å². The molecule has 0 aromatic rings. The molecular formula is C17H19F17. The summed E-state index contributed by atoms with van der Waals surface area (Å²) in [6.45, 7) is 1.79. The lowest BCUT2D eigenvalue weighted by Crippen LogP contribution is -2.74. The molecule has 0 rings (SSSR count). The third-order valence-corrected chi connectivity index (χ3v) is 4.88. The van der Waals surface area contributed by atoms with Crippen LogP contribution in [0, 0.1) is 0 Å². The number of hydrogen-bond donors (Lipinski definition) is 0. The molecule has 0 saturated heterocycles. The van der Waals surface area contributed by atoms with Crippen LogP contribution in [0.2, 0.25) is 0 Å². The largest absolute Gasteiger partial charge is 0.460 e. The van der Waals surface area contributed by atoms with Gasteiger partial charge in [-0.05, 0) is 6.42 Å². The van der Waals surface area contributed by atoms with Gasteiger partial charge in [-0.3, -0.25) is 0 Å². The average molecular weight is 546 g/mol. The zero-order valence-electron chi connectivity index (χ0n) is 17.1. The molecule has 0 aromatic carbocycles. The van der Waals surface area contributed by atoms with E-state index < -0.39 is 60.5 Å². The molecule has 34 heavy (non-hydrogen) atoms. The van der Waals surface area contributed by atoms with Crippen LogP contribution in [0.25, 0.3) is 0 Å². The summed E-state index contributed by atoms with van der Waals surface area (Å²) in [5, 5.41) is 0. The van der Waals surface area contributed by atoms with E-state index in [2.05, 4.69) is 0 Å². The van der Waals surface area contributed by atoms with Crippen molar-refractivity contribution in [1.29, 1.82) is 0 Å². The van der Waals surface area contributed by atoms with Gasteiger partial charge in [-0.25, -0.2) is 0 Å². The van der Waals surface area contributed by atoms with E-state index in [4.69, 9.17) is 0 Å². The minimum absolute atomic E-state index is 0.0883. The van der Waals surface area contributed by atoms with Crippen LogP contribution < -0.4 is 0 Å². The summed E-state index contributed by atoms with van der Waals surface area (Å²) in [6, 6.07) is 0. The first-order valence-electron chi connectivity index (χ1n) is 9.52. The van der Waals surface area contributed by atoms with Gasteiger partial charge in [0.25, 0.3) is 0 Å². The van der Waals surface area contributed by atoms with Crippen molar-refractivity contribution in [2.45, 2.75) is 106 Å². The van der Waals surface area contributed by atoms with Crippen LogP contribution in [0.15, 0.2) is 0 Å². The third-order valence-electron chi connectivity index (χ3n) is 4.88. The highest BCUT2D eigenvalue weighted by molar-refractivity contribution is 5.15. The van der Waals surface area contributed by atoms with E-state index in [0.29, 0.717) is 19.3 Å². The Morgan fingerprint density at radius 3 is 1.00 bits per heavy atom. The van der Waals surface area contributed by atoms with E-state index in [-0.39, 0.29) is 12.8 Å². The van der Waals surface area contributed by atoms with Crippen LogP contribution in [0.1, 0.15) is 58.3 Å². The maximum atomic E-state index is 13.6. The van der Waals surface area contributed by atoms with Crippen molar-refractivity contribution in [1.82, 2.24) is 0 Å². The first-order chi connectivity index (χ1) is 14.8. The highest BCUT2D eigenvalue weighted by Crippen LogP contribution is 2.64. The normalized spacial score (nSPS) is 15.7. The molecule has 17 heteroatoms. The van der Waals surface area contributed by atoms with Crippen LogP contribution in [0.3, 0.4) is 0 Å². The van der Waals surface area contributed by atoms with Crippen LogP contribution in [-0.4, -0.2) is 47.6 Å². The van der Waals surface area contributed by atoms with Gasteiger partial charge in [-0.15, -0.1) is 0 Å². The van der Waals surface area contributed by atoms with Crippen molar-refractivity contribution in [3.05, 3.63) is 0 Å². The van der Waals surface area contributed by atoms with Gasteiger partial charge >= 0.3 is 47.6 Å². The second-order valence-corrected chi connectivity index (χ2v) is 7.52. The minimum atomic E-state index is -8.57. The number of unbranched alkanes of at least 4 members (excludes halogenated alkanes) is 6. The van der Waals surface area contributed by atoms with E-state index in [1.54, 1.807) is 6.92 Å². The highest BCUT2D eigenvalue weighted by atomic mass is 19.4. The van der Waals surface area contributed by atoms with E-state index in [1.807, 2.05) is 0 Å². The molecule has 0 heterocycles. The van der Waals surface area contributed by atoms with Gasteiger partial charge in [0.2, 0.25) is 0 Å². The number of rotatable bonds is 14. The summed E-state index contributed by atoms with van der Waals surface area (Å²) in [6.07, 6.45) is -9.00. The van der Waals surface area contributed by atoms with Gasteiger partial charge in [0.1, 0.15) is 0 Å². The second-order valence-electron chi connectivity index (χ2n) is 7.52. The van der Waals surface area contributed by atoms with Crippen molar-refractivity contribution in [3.8, 4) is 0 Å². The summed E-state index contributed by atoms with van der Waals surface area (Å²) in [5.74, 6) is -55.7. The molecule has 0 spiro atoms. The summed E-state index contributed by atoms with van der Waals surface area (Å²) < 4.78 is 223. The van der Waals surface area contributed by atoms with Gasteiger partial charge in [-0.1, -0.05) is 45.4 Å². The molecule has 0 fully saturated rings. The molecule has 0 unspecified atom stereocenters. The van der Waals surface area contributed by atoms with Crippen molar-refractivity contribution in [3.63, 3.8) is 0 Å². The Bertz CT molecular complexity index is 647. The number of alkyl halides is 17. The molecule has 0 bridgehead atoms. The van der Waals surface area contributed by atoms with Crippen LogP contribution in [0.5, 0.6) is 0 Å². The number of halogens is 17. The second kappa shape index (κ2) is 10.1. The Morgan fingerprint density at radius 1 is 0.353 bits per heavy atom. The summed E-state index contributed by atoms with van der Waals surface area (Å²) >= 11 is 0. The third kappa shape index (κ3) is 5.31. The van der Waals surface area contributed by atoms with Crippen LogP contribution in [0.4, 0.5) is 74.6 Å². The SMILES string of the molecule is CCCCCCCCCC(F)(F)C(F)(F)C(F)(F)C(F)(F)C(F)(F)C(F)(F)C(F)(F)C(F)(F)F. The Kier molecular flexibility index (Phi) is 9.70. The summed E-state index contributed by atoms with van der Waals surface area (Å²) in [4.78, 5) is 0. The fraction of sp³-hybridized carbons (Fsp3) is 1.00. The molecule has 0 aromatic heterocycles. The standard InChI is InChI=1S/C17H19F17/c1-2-3-4-5-6-7-8-9-10(18,19)11(20,21)12(22,23)13(24,25)14(26,27)15(28,29)16(30,31)17(32,33)34/h2-9H2,1H3. The Morgan fingerprint density at radius 2 is 0.647 bits per heavy atom. The lowest BCUT2D eigenvalue weighted by molar-refractivity contribution is -0.461. The van der Waals surface area contributed by atoms with E-state index in [0.717, 1.165) is 6.42 Å². The summed E-state index contributed by atoms with van der Waals surface area (Å²) in [5.41, 5.74) is 0. The molecule has 0 radical (unpaired) electrons. The van der Waals surface area contributed by atoms with Crippen molar-refractivity contribution < 1.29 is 74.6 Å². The molecule has 0 aliphatic rings. The fourth-order valence-electron chi connectivity index (χ4n) is 2.66. The highest BCUT2D eigenvalue weighted by Gasteiger charge is 2.95. The quantitative estimate of drug-likeness (QED) is 0.151. The molecule has 0 nitrogen and oxygen atoms in total.